The standard InChI is InChI=1S/C15H13.C13H10.C9H13.2ClH.Zr/c1-10-3-5-14-12(7-10)9-13-8-11(2)4-6-15(13)14;1-3-7-12(8-4-1)11-13-9-5-2-6-10-13;1-3-8-5-6-9(4-2)7-8;;;/h3-9H,1-2H3;1-10H;5-6,8H,3-4H2,1-2H3;2*1H;/q-1;;-1;;;+2/p-2. The first-order valence-corrected chi connectivity index (χ1v) is 14.8. The van der Waals surface area contributed by atoms with Gasteiger partial charge in [0.15, 0.2) is 0 Å². The van der Waals surface area contributed by atoms with E-state index in [1.54, 1.807) is 0 Å². The second-order valence-corrected chi connectivity index (χ2v) is 11.1. The second-order valence-electron chi connectivity index (χ2n) is 9.83. The Labute approximate surface area is 267 Å². The van der Waals surface area contributed by atoms with Crippen molar-refractivity contribution in [2.24, 2.45) is 5.92 Å². The van der Waals surface area contributed by atoms with E-state index in [-0.39, 0.29) is 24.8 Å². The van der Waals surface area contributed by atoms with Crippen LogP contribution in [0.15, 0.2) is 121 Å². The number of hydrogen-bond acceptors (Lipinski definition) is 0. The van der Waals surface area contributed by atoms with Crippen LogP contribution in [0.25, 0.3) is 21.5 Å². The van der Waals surface area contributed by atoms with E-state index < -0.39 is 0 Å². The molecule has 0 nitrogen and oxygen atoms in total. The predicted molar refractivity (Wildman–Crippen MR) is 163 cm³/mol. The summed E-state index contributed by atoms with van der Waals surface area (Å²) in [5.74, 6) is 0.611. The Morgan fingerprint density at radius 2 is 1.20 bits per heavy atom. The van der Waals surface area contributed by atoms with Crippen molar-refractivity contribution >= 4 is 24.8 Å². The zero-order chi connectivity index (χ0) is 26.9. The molecule has 0 amide bonds. The molecule has 0 heterocycles. The number of benzene rings is 4. The molecule has 0 N–H and O–H groups in total. The molecular weight excluding hydrogens is 607 g/mol. The average Bonchev–Trinajstić information content (AvgIpc) is 3.57. The van der Waals surface area contributed by atoms with E-state index >= 15 is 0 Å². The topological polar surface area (TPSA) is 0 Å². The second kappa shape index (κ2) is 16.7. The third-order valence-corrected chi connectivity index (χ3v) is 8.28. The van der Waals surface area contributed by atoms with E-state index in [0.29, 0.717) is 5.92 Å². The van der Waals surface area contributed by atoms with Crippen LogP contribution in [0.3, 0.4) is 0 Å². The van der Waals surface area contributed by atoms with Gasteiger partial charge < -0.3 is 24.8 Å². The maximum absolute atomic E-state index is 3.40. The Kier molecular flexibility index (Phi) is 14.1. The molecule has 5 aromatic carbocycles. The van der Waals surface area contributed by atoms with E-state index in [1.165, 1.54) is 83.2 Å². The molecule has 3 heteroatoms. The van der Waals surface area contributed by atoms with Gasteiger partial charge in [0, 0.05) is 0 Å². The summed E-state index contributed by atoms with van der Waals surface area (Å²) < 4.78 is 1.42. The van der Waals surface area contributed by atoms with Crippen LogP contribution in [0.4, 0.5) is 0 Å². The van der Waals surface area contributed by atoms with Crippen LogP contribution >= 0.6 is 0 Å². The molecule has 0 saturated carbocycles. The van der Waals surface area contributed by atoms with E-state index in [0.717, 1.165) is 6.42 Å². The molecule has 0 bridgehead atoms. The Balaban J connectivity index is 0.000000211. The SMILES string of the molecule is CCC1=[C-]C(CC)C=C1.Cc1ccc2c(c1)[cH-]c1cc(C)ccc12.[Cl-].[Cl-].[Zr+2]=[C](c1ccccc1)c1ccccc1. The van der Waals surface area contributed by atoms with E-state index in [1.807, 2.05) is 0 Å². The van der Waals surface area contributed by atoms with Gasteiger partial charge in [-0.25, -0.2) is 11.6 Å². The van der Waals surface area contributed by atoms with Crippen molar-refractivity contribution in [2.75, 3.05) is 0 Å². The molecule has 0 radical (unpaired) electrons. The van der Waals surface area contributed by atoms with Crippen LogP contribution in [0.1, 0.15) is 48.9 Å². The molecule has 1 aliphatic carbocycles. The normalized spacial score (nSPS) is 13.2. The third kappa shape index (κ3) is 9.04. The maximum atomic E-state index is 3.40. The molecule has 0 aliphatic heterocycles. The Hall–Kier alpha value is -2.44. The van der Waals surface area contributed by atoms with Crippen molar-refractivity contribution in [3.8, 4) is 0 Å². The quantitative estimate of drug-likeness (QED) is 0.262. The summed E-state index contributed by atoms with van der Waals surface area (Å²) in [5, 5.41) is 5.46. The van der Waals surface area contributed by atoms with Crippen molar-refractivity contribution < 1.29 is 49.0 Å². The molecule has 1 unspecified atom stereocenters. The Bertz CT molecular complexity index is 1460. The number of hydrogen-bond donors (Lipinski definition) is 0. The Morgan fingerprint density at radius 1 is 0.725 bits per heavy atom. The molecule has 6 rings (SSSR count). The fourth-order valence-corrected chi connectivity index (χ4v) is 5.48. The van der Waals surface area contributed by atoms with Gasteiger partial charge in [-0.3, -0.25) is 6.08 Å². The van der Waals surface area contributed by atoms with Gasteiger partial charge in [-0.2, -0.15) is 6.08 Å². The number of halogens is 2. The molecule has 5 aromatic rings. The molecule has 0 aromatic heterocycles. The molecule has 1 aliphatic rings. The van der Waals surface area contributed by atoms with Gasteiger partial charge >= 0.3 is 99.2 Å². The minimum atomic E-state index is 0. The number of aryl methyl sites for hydroxylation is 2. The fraction of sp³-hybridized carbons (Fsp3) is 0.189. The average molecular weight is 643 g/mol. The molecule has 40 heavy (non-hydrogen) atoms. The summed E-state index contributed by atoms with van der Waals surface area (Å²) in [6, 6.07) is 36.7. The van der Waals surface area contributed by atoms with E-state index in [9.17, 15) is 0 Å². The minimum absolute atomic E-state index is 0. The van der Waals surface area contributed by atoms with Crippen molar-refractivity contribution in [2.45, 2.75) is 40.5 Å². The summed E-state index contributed by atoms with van der Waals surface area (Å²) in [7, 11) is 0. The molecule has 204 valence electrons. The van der Waals surface area contributed by atoms with E-state index in [2.05, 4.69) is 149 Å². The number of rotatable bonds is 4. The molecular formula is C37H36Cl2Zr-2. The van der Waals surface area contributed by atoms with Gasteiger partial charge in [-0.05, 0) is 13.8 Å². The first-order chi connectivity index (χ1) is 18.5. The summed E-state index contributed by atoms with van der Waals surface area (Å²) in [6.45, 7) is 8.65. The fourth-order valence-electron chi connectivity index (χ4n) is 4.66. The molecule has 0 spiro atoms. The summed E-state index contributed by atoms with van der Waals surface area (Å²) >= 11 is 1.46. The first kappa shape index (κ1) is 33.8. The van der Waals surface area contributed by atoms with Crippen molar-refractivity contribution in [1.29, 1.82) is 0 Å². The molecule has 1 atom stereocenters. The predicted octanol–water partition coefficient (Wildman–Crippen LogP) is 3.86. The van der Waals surface area contributed by atoms with Crippen molar-refractivity contribution in [3.63, 3.8) is 0 Å². The third-order valence-electron chi connectivity index (χ3n) is 6.86. The van der Waals surface area contributed by atoms with Crippen LogP contribution in [-0.4, -0.2) is 3.21 Å². The van der Waals surface area contributed by atoms with Crippen LogP contribution in [-0.2, 0) is 24.2 Å². The van der Waals surface area contributed by atoms with Crippen molar-refractivity contribution in [3.05, 3.63) is 149 Å². The van der Waals surface area contributed by atoms with Crippen LogP contribution in [0, 0.1) is 25.8 Å². The zero-order valence-electron chi connectivity index (χ0n) is 23.7. The monoisotopic (exact) mass is 640 g/mol. The number of allylic oxidation sites excluding steroid dienone is 4. The van der Waals surface area contributed by atoms with Crippen LogP contribution < -0.4 is 24.8 Å². The van der Waals surface area contributed by atoms with Gasteiger partial charge in [0.1, 0.15) is 0 Å². The number of fused-ring (bicyclic) bond motifs is 3. The summed E-state index contributed by atoms with van der Waals surface area (Å²) in [6.07, 6.45) is 10.1. The van der Waals surface area contributed by atoms with Gasteiger partial charge in [0.2, 0.25) is 0 Å². The molecule has 0 saturated heterocycles. The van der Waals surface area contributed by atoms with E-state index in [4.69, 9.17) is 0 Å². The van der Waals surface area contributed by atoms with Crippen LogP contribution in [0.2, 0.25) is 0 Å². The van der Waals surface area contributed by atoms with Gasteiger partial charge in [0.05, 0.1) is 0 Å². The van der Waals surface area contributed by atoms with Gasteiger partial charge in [-0.1, -0.05) is 68.0 Å². The summed E-state index contributed by atoms with van der Waals surface area (Å²) in [5.41, 5.74) is 6.69. The van der Waals surface area contributed by atoms with Gasteiger partial charge in [0.25, 0.3) is 0 Å². The summed E-state index contributed by atoms with van der Waals surface area (Å²) in [4.78, 5) is 0. The Morgan fingerprint density at radius 3 is 1.57 bits per heavy atom. The zero-order valence-corrected chi connectivity index (χ0v) is 27.7. The first-order valence-electron chi connectivity index (χ1n) is 13.5. The molecule has 0 fully saturated rings. The van der Waals surface area contributed by atoms with Crippen LogP contribution in [0.5, 0.6) is 0 Å². The van der Waals surface area contributed by atoms with Gasteiger partial charge in [-0.15, -0.1) is 39.7 Å². The van der Waals surface area contributed by atoms with Crippen molar-refractivity contribution in [1.82, 2.24) is 0 Å².